The summed E-state index contributed by atoms with van der Waals surface area (Å²) in [5.74, 6) is 0. The number of halogens is 1. The van der Waals surface area contributed by atoms with Gasteiger partial charge in [0.1, 0.15) is 0 Å². The van der Waals surface area contributed by atoms with E-state index in [0.717, 1.165) is 5.02 Å². The molecule has 0 atom stereocenters. The monoisotopic (exact) mass is 412 g/mol. The molecule has 0 fully saturated rings. The summed E-state index contributed by atoms with van der Waals surface area (Å²) in [5, 5.41) is 3.02. The lowest BCUT2D eigenvalue weighted by atomic mass is 9.71. The van der Waals surface area contributed by atoms with Gasteiger partial charge in [-0.2, -0.15) is 0 Å². The van der Waals surface area contributed by atoms with Gasteiger partial charge in [-0.05, 0) is 57.0 Å². The average molecular weight is 413 g/mol. The highest BCUT2D eigenvalue weighted by Crippen LogP contribution is 2.66. The van der Waals surface area contributed by atoms with Crippen LogP contribution in [0.25, 0.3) is 31.0 Å². The van der Waals surface area contributed by atoms with Gasteiger partial charge in [-0.1, -0.05) is 66.2 Å². The van der Waals surface area contributed by atoms with Gasteiger partial charge in [-0.25, -0.2) is 0 Å². The summed E-state index contributed by atoms with van der Waals surface area (Å²) in [6.07, 6.45) is 0. The molecule has 0 unspecified atom stereocenters. The zero-order valence-corrected chi connectivity index (χ0v) is 17.1. The molecule has 0 amide bonds. The Hall–Kier alpha value is -2.39. The van der Waals surface area contributed by atoms with Crippen LogP contribution in [0, 0.1) is 0 Å². The third-order valence-corrected chi connectivity index (χ3v) is 8.74. The predicted molar refractivity (Wildman–Crippen MR) is 121 cm³/mol. The van der Waals surface area contributed by atoms with E-state index in [-0.39, 0.29) is 5.41 Å². The number of fused-ring (bicyclic) bond motifs is 12. The molecule has 5 aromatic rings. The van der Waals surface area contributed by atoms with Crippen molar-refractivity contribution in [3.8, 4) is 21.6 Å². The largest absolute Gasteiger partial charge is 0.143 e. The van der Waals surface area contributed by atoms with Crippen LogP contribution < -0.4 is 0 Å². The first-order valence-corrected chi connectivity index (χ1v) is 11.4. The molecular weight excluding hydrogens is 400 g/mol. The molecule has 0 radical (unpaired) electrons. The van der Waals surface area contributed by atoms with E-state index in [1.54, 1.807) is 0 Å². The highest BCUT2D eigenvalue weighted by Gasteiger charge is 2.53. The van der Waals surface area contributed by atoms with Crippen molar-refractivity contribution in [2.45, 2.75) is 5.41 Å². The molecule has 0 saturated carbocycles. The molecule has 2 aliphatic carbocycles. The molecule has 2 aliphatic rings. The summed E-state index contributed by atoms with van der Waals surface area (Å²) in [6, 6.07) is 26.5. The van der Waals surface area contributed by atoms with Crippen LogP contribution in [-0.2, 0) is 5.41 Å². The summed E-state index contributed by atoms with van der Waals surface area (Å²) in [4.78, 5) is 1.40. The molecule has 3 aromatic carbocycles. The van der Waals surface area contributed by atoms with Crippen LogP contribution in [0.4, 0.5) is 0 Å². The summed E-state index contributed by atoms with van der Waals surface area (Å²) < 4.78 is 2.80. The molecule has 1 spiro atoms. The standard InChI is InChI=1S/C25H13ClS2/c26-14-9-10-17-20(13-14)25(22-23(17)28-21-11-12-27-24(21)22)18-7-3-1-5-15(18)16-6-2-4-8-19(16)25/h1-13H. The van der Waals surface area contributed by atoms with Crippen LogP contribution in [0.5, 0.6) is 0 Å². The van der Waals surface area contributed by atoms with Crippen LogP contribution in [0.15, 0.2) is 78.2 Å². The smallest absolute Gasteiger partial charge is 0.0748 e. The number of hydrogen-bond donors (Lipinski definition) is 0. The molecule has 132 valence electrons. The van der Waals surface area contributed by atoms with Gasteiger partial charge in [0.25, 0.3) is 0 Å². The Bertz CT molecular complexity index is 1390. The maximum Gasteiger partial charge on any atom is 0.0748 e. The van der Waals surface area contributed by atoms with Crippen molar-refractivity contribution in [3.63, 3.8) is 0 Å². The van der Waals surface area contributed by atoms with E-state index in [9.17, 15) is 0 Å². The molecule has 0 saturated heterocycles. The lowest BCUT2D eigenvalue weighted by Gasteiger charge is -2.30. The van der Waals surface area contributed by atoms with Gasteiger partial charge in [-0.3, -0.25) is 0 Å². The van der Waals surface area contributed by atoms with E-state index < -0.39 is 0 Å². The van der Waals surface area contributed by atoms with E-state index in [4.69, 9.17) is 11.6 Å². The lowest BCUT2D eigenvalue weighted by Crippen LogP contribution is -2.25. The van der Waals surface area contributed by atoms with E-state index in [1.807, 2.05) is 28.7 Å². The van der Waals surface area contributed by atoms with E-state index in [1.165, 1.54) is 53.2 Å². The average Bonchev–Trinajstić information content (AvgIpc) is 3.43. The molecule has 2 aromatic heterocycles. The number of hydrogen-bond acceptors (Lipinski definition) is 2. The van der Waals surface area contributed by atoms with Gasteiger partial charge in [-0.15, -0.1) is 22.7 Å². The molecule has 0 aliphatic heterocycles. The lowest BCUT2D eigenvalue weighted by molar-refractivity contribution is 0.804. The van der Waals surface area contributed by atoms with Gasteiger partial charge in [0.15, 0.2) is 0 Å². The third kappa shape index (κ3) is 1.61. The van der Waals surface area contributed by atoms with E-state index in [0.29, 0.717) is 0 Å². The molecule has 0 nitrogen and oxygen atoms in total. The maximum atomic E-state index is 6.55. The van der Waals surface area contributed by atoms with Gasteiger partial charge in [0, 0.05) is 20.2 Å². The Morgan fingerprint density at radius 1 is 0.714 bits per heavy atom. The van der Waals surface area contributed by atoms with Crippen LogP contribution in [0.3, 0.4) is 0 Å². The van der Waals surface area contributed by atoms with Crippen molar-refractivity contribution in [1.29, 1.82) is 0 Å². The zero-order valence-electron chi connectivity index (χ0n) is 14.7. The highest BCUT2D eigenvalue weighted by molar-refractivity contribution is 7.29. The van der Waals surface area contributed by atoms with Gasteiger partial charge >= 0.3 is 0 Å². The fourth-order valence-electron chi connectivity index (χ4n) is 5.31. The van der Waals surface area contributed by atoms with Crippen LogP contribution >= 0.6 is 34.3 Å². The summed E-state index contributed by atoms with van der Waals surface area (Å²) in [6.45, 7) is 0. The van der Waals surface area contributed by atoms with E-state index >= 15 is 0 Å². The minimum absolute atomic E-state index is 0.272. The first-order chi connectivity index (χ1) is 13.8. The maximum absolute atomic E-state index is 6.55. The summed E-state index contributed by atoms with van der Waals surface area (Å²) in [7, 11) is 0. The zero-order chi connectivity index (χ0) is 18.5. The van der Waals surface area contributed by atoms with Crippen molar-refractivity contribution in [1.82, 2.24) is 0 Å². The highest BCUT2D eigenvalue weighted by atomic mass is 35.5. The Kier molecular flexibility index (Phi) is 2.86. The topological polar surface area (TPSA) is 0 Å². The second-order valence-corrected chi connectivity index (χ2v) is 9.86. The normalized spacial score (nSPS) is 14.9. The Morgan fingerprint density at radius 3 is 2.18 bits per heavy atom. The second-order valence-electron chi connectivity index (χ2n) is 7.45. The fraction of sp³-hybridized carbons (Fsp3) is 0.0400. The predicted octanol–water partition coefficient (Wildman–Crippen LogP) is 7.96. The first-order valence-electron chi connectivity index (χ1n) is 9.30. The Labute approximate surface area is 175 Å². The fourth-order valence-corrected chi connectivity index (χ4v) is 7.99. The van der Waals surface area contributed by atoms with E-state index in [2.05, 4.69) is 72.1 Å². The Morgan fingerprint density at radius 2 is 1.43 bits per heavy atom. The molecule has 2 heterocycles. The van der Waals surface area contributed by atoms with Crippen molar-refractivity contribution in [2.24, 2.45) is 0 Å². The first kappa shape index (κ1) is 15.5. The number of benzene rings is 3. The SMILES string of the molecule is Clc1ccc2c(c1)C1(c3ccccc3-c3ccccc31)c1c-2sc2ccsc12. The van der Waals surface area contributed by atoms with Crippen LogP contribution in [-0.4, -0.2) is 0 Å². The van der Waals surface area contributed by atoms with Gasteiger partial charge < -0.3 is 0 Å². The number of thiophene rings is 2. The molecule has 28 heavy (non-hydrogen) atoms. The molecule has 3 heteroatoms. The molecule has 0 bridgehead atoms. The van der Waals surface area contributed by atoms with Gasteiger partial charge in [0.05, 0.1) is 10.1 Å². The van der Waals surface area contributed by atoms with Crippen molar-refractivity contribution >= 4 is 43.7 Å². The quantitative estimate of drug-likeness (QED) is 0.237. The van der Waals surface area contributed by atoms with Crippen molar-refractivity contribution < 1.29 is 0 Å². The van der Waals surface area contributed by atoms with Crippen molar-refractivity contribution in [3.05, 3.63) is 105 Å². The van der Waals surface area contributed by atoms with Crippen LogP contribution in [0.1, 0.15) is 22.3 Å². The third-order valence-electron chi connectivity index (χ3n) is 6.25. The van der Waals surface area contributed by atoms with Gasteiger partial charge in [0.2, 0.25) is 0 Å². The van der Waals surface area contributed by atoms with Crippen LogP contribution in [0.2, 0.25) is 5.02 Å². The molecular formula is C25H13ClS2. The molecule has 0 N–H and O–H groups in total. The van der Waals surface area contributed by atoms with Crippen molar-refractivity contribution in [2.75, 3.05) is 0 Å². The Balaban J connectivity index is 1.78. The minimum Gasteiger partial charge on any atom is -0.143 e. The molecule has 7 rings (SSSR count). The number of rotatable bonds is 0. The summed E-state index contributed by atoms with van der Waals surface area (Å²) >= 11 is 10.3. The minimum atomic E-state index is -0.272. The second kappa shape index (κ2) is 5.15. The summed E-state index contributed by atoms with van der Waals surface area (Å²) in [5.41, 5.74) is 9.29.